The third-order valence-corrected chi connectivity index (χ3v) is 7.08. The van der Waals surface area contributed by atoms with Crippen LogP contribution in [0.3, 0.4) is 0 Å². The van der Waals surface area contributed by atoms with Crippen molar-refractivity contribution < 1.29 is 23.4 Å². The molecule has 12 heteroatoms. The third kappa shape index (κ3) is 7.00. The molecule has 1 amide bonds. The van der Waals surface area contributed by atoms with Gasteiger partial charge < -0.3 is 34.3 Å². The lowest BCUT2D eigenvalue weighted by molar-refractivity contribution is -0.200. The van der Waals surface area contributed by atoms with Crippen LogP contribution in [-0.4, -0.2) is 104 Å². The normalized spacial score (nSPS) is 20.0. The molecule has 0 unspecified atom stereocenters. The molecule has 0 radical (unpaired) electrons. The molecule has 2 aliphatic heterocycles. The number of aromatic amines is 1. The lowest BCUT2D eigenvalue weighted by Gasteiger charge is -2.32. The molecule has 2 aromatic heterocycles. The monoisotopic (exact) mass is 553 g/mol. The summed E-state index contributed by atoms with van der Waals surface area (Å²) in [5, 5.41) is 2.89. The first-order valence-corrected chi connectivity index (χ1v) is 13.6. The van der Waals surface area contributed by atoms with E-state index in [9.17, 15) is 9.18 Å². The molecule has 2 N–H and O–H groups in total. The van der Waals surface area contributed by atoms with Crippen molar-refractivity contribution in [2.75, 3.05) is 71.6 Å². The van der Waals surface area contributed by atoms with Crippen molar-refractivity contribution in [1.82, 2.24) is 30.2 Å². The van der Waals surface area contributed by atoms with Crippen molar-refractivity contribution in [3.63, 3.8) is 0 Å². The molecule has 0 aliphatic carbocycles. The largest absolute Gasteiger partial charge is 0.385 e. The van der Waals surface area contributed by atoms with Gasteiger partial charge in [0, 0.05) is 58.2 Å². The van der Waals surface area contributed by atoms with E-state index >= 15 is 0 Å². The van der Waals surface area contributed by atoms with Crippen LogP contribution in [-0.2, 0) is 25.4 Å². The van der Waals surface area contributed by atoms with Gasteiger partial charge in [0.2, 0.25) is 11.9 Å². The van der Waals surface area contributed by atoms with Crippen LogP contribution < -0.4 is 10.2 Å². The van der Waals surface area contributed by atoms with Crippen molar-refractivity contribution >= 4 is 11.9 Å². The molecule has 0 saturated carbocycles. The number of carbonyl (C=O) groups is 1. The number of ether oxygens (including phenoxy) is 3. The first kappa shape index (κ1) is 28.1. The molecule has 0 bridgehead atoms. The highest BCUT2D eigenvalue weighted by Gasteiger charge is 2.29. The second kappa shape index (κ2) is 13.3. The zero-order chi connectivity index (χ0) is 27.9. The molecule has 214 valence electrons. The number of rotatable bonds is 10. The van der Waals surface area contributed by atoms with E-state index in [0.717, 1.165) is 38.2 Å². The number of imidazole rings is 1. The highest BCUT2D eigenvalue weighted by Crippen LogP contribution is 2.31. The average molecular weight is 554 g/mol. The Labute approximate surface area is 233 Å². The summed E-state index contributed by atoms with van der Waals surface area (Å²) >= 11 is 0. The maximum absolute atomic E-state index is 13.7. The van der Waals surface area contributed by atoms with Gasteiger partial charge in [0.15, 0.2) is 6.29 Å². The van der Waals surface area contributed by atoms with Crippen LogP contribution in [0.5, 0.6) is 0 Å². The summed E-state index contributed by atoms with van der Waals surface area (Å²) in [5.41, 5.74) is 2.82. The molecule has 2 aliphatic rings. The van der Waals surface area contributed by atoms with E-state index in [0.29, 0.717) is 48.4 Å². The average Bonchev–Trinajstić information content (AvgIpc) is 3.40. The molecule has 4 heterocycles. The number of benzene rings is 1. The molecule has 5 rings (SSSR count). The van der Waals surface area contributed by atoms with Crippen LogP contribution in [0.15, 0.2) is 36.5 Å². The minimum absolute atomic E-state index is 0.0895. The predicted octanol–water partition coefficient (Wildman–Crippen LogP) is 2.11. The SMILES string of the molecule is COCCCNC(=O)C1COC(Cc2nc(-c3ccc(F)cc3)c(-c3ccnc(N4CCN(C)CC4)n3)[nH]2)OC1. The smallest absolute Gasteiger partial charge is 0.227 e. The highest BCUT2D eigenvalue weighted by atomic mass is 19.1. The third-order valence-electron chi connectivity index (χ3n) is 7.08. The van der Waals surface area contributed by atoms with E-state index in [-0.39, 0.29) is 30.9 Å². The number of carbonyl (C=O) groups excluding carboxylic acids is 1. The van der Waals surface area contributed by atoms with E-state index in [1.54, 1.807) is 25.4 Å². The van der Waals surface area contributed by atoms with E-state index < -0.39 is 6.29 Å². The van der Waals surface area contributed by atoms with Crippen molar-refractivity contribution in [2.24, 2.45) is 5.92 Å². The number of nitrogens with one attached hydrogen (secondary N) is 2. The number of nitrogens with zero attached hydrogens (tertiary/aromatic N) is 5. The molecular weight excluding hydrogens is 517 g/mol. The molecule has 1 aromatic carbocycles. The van der Waals surface area contributed by atoms with Crippen molar-refractivity contribution in [2.45, 2.75) is 19.1 Å². The second-order valence-corrected chi connectivity index (χ2v) is 10.1. The van der Waals surface area contributed by atoms with Crippen molar-refractivity contribution in [3.05, 3.63) is 48.2 Å². The molecular formula is C28H36FN7O4. The Balaban J connectivity index is 1.30. The fraction of sp³-hybridized carbons (Fsp3) is 0.500. The minimum atomic E-state index is -0.552. The van der Waals surface area contributed by atoms with Crippen LogP contribution in [0.2, 0.25) is 0 Å². The van der Waals surface area contributed by atoms with Crippen molar-refractivity contribution in [3.8, 4) is 22.6 Å². The van der Waals surface area contributed by atoms with Crippen LogP contribution in [0, 0.1) is 11.7 Å². The molecule has 0 spiro atoms. The summed E-state index contributed by atoms with van der Waals surface area (Å²) in [7, 11) is 3.74. The quantitative estimate of drug-likeness (QED) is 0.364. The number of likely N-dealkylation sites (N-methyl/N-ethyl adjacent to an activating group) is 1. The predicted molar refractivity (Wildman–Crippen MR) is 147 cm³/mol. The number of hydrogen-bond donors (Lipinski definition) is 2. The van der Waals surface area contributed by atoms with Gasteiger partial charge >= 0.3 is 0 Å². The van der Waals surface area contributed by atoms with Crippen LogP contribution in [0.4, 0.5) is 10.3 Å². The number of aromatic nitrogens is 4. The summed E-state index contributed by atoms with van der Waals surface area (Å²) < 4.78 is 30.5. The molecule has 3 aromatic rings. The second-order valence-electron chi connectivity index (χ2n) is 10.1. The fourth-order valence-corrected chi connectivity index (χ4v) is 4.71. The van der Waals surface area contributed by atoms with Gasteiger partial charge in [-0.05, 0) is 43.8 Å². The minimum Gasteiger partial charge on any atom is -0.385 e. The summed E-state index contributed by atoms with van der Waals surface area (Å²) in [6.45, 7) is 5.26. The van der Waals surface area contributed by atoms with Gasteiger partial charge in [0.05, 0.1) is 42.6 Å². The van der Waals surface area contributed by atoms with Gasteiger partial charge in [-0.25, -0.2) is 19.3 Å². The Kier molecular flexibility index (Phi) is 9.32. The molecule has 2 saturated heterocycles. The summed E-state index contributed by atoms with van der Waals surface area (Å²) in [6.07, 6.45) is 2.30. The maximum atomic E-state index is 13.7. The van der Waals surface area contributed by atoms with Crippen LogP contribution in [0.25, 0.3) is 22.6 Å². The first-order chi connectivity index (χ1) is 19.5. The van der Waals surface area contributed by atoms with Crippen LogP contribution >= 0.6 is 0 Å². The standard InChI is InChI=1S/C28H36FN7O4/c1-35-11-13-36(14-12-35)28-31-10-8-22(32-28)26-25(19-4-6-21(29)7-5-19)33-23(34-26)16-24-39-17-20(18-40-24)27(37)30-9-3-15-38-2/h4-8,10,20,24H,3,9,11-18H2,1-2H3,(H,30,37)(H,33,34). The topological polar surface area (TPSA) is 118 Å². The van der Waals surface area contributed by atoms with Gasteiger partial charge in [0.1, 0.15) is 11.6 Å². The molecule has 11 nitrogen and oxygen atoms in total. The fourth-order valence-electron chi connectivity index (χ4n) is 4.71. The summed E-state index contributed by atoms with van der Waals surface area (Å²) in [4.78, 5) is 34.4. The Morgan fingerprint density at radius 1 is 1.12 bits per heavy atom. The summed E-state index contributed by atoms with van der Waals surface area (Å²) in [5.74, 6) is 0.531. The summed E-state index contributed by atoms with van der Waals surface area (Å²) in [6, 6.07) is 8.07. The Morgan fingerprint density at radius 3 is 2.60 bits per heavy atom. The molecule has 2 fully saturated rings. The number of H-pyrrole nitrogens is 1. The maximum Gasteiger partial charge on any atom is 0.227 e. The zero-order valence-corrected chi connectivity index (χ0v) is 22.9. The Bertz CT molecular complexity index is 1260. The number of piperazine rings is 1. The highest BCUT2D eigenvalue weighted by molar-refractivity contribution is 5.79. The van der Waals surface area contributed by atoms with E-state index in [1.807, 2.05) is 6.07 Å². The zero-order valence-electron chi connectivity index (χ0n) is 22.9. The number of amides is 1. The number of anilines is 1. The van der Waals surface area contributed by atoms with Gasteiger partial charge in [-0.3, -0.25) is 4.79 Å². The van der Waals surface area contributed by atoms with Crippen molar-refractivity contribution in [1.29, 1.82) is 0 Å². The lowest BCUT2D eigenvalue weighted by Crippen LogP contribution is -2.45. The molecule has 40 heavy (non-hydrogen) atoms. The van der Waals surface area contributed by atoms with Gasteiger partial charge in [-0.15, -0.1) is 0 Å². The first-order valence-electron chi connectivity index (χ1n) is 13.6. The Morgan fingerprint density at radius 2 is 1.88 bits per heavy atom. The van der Waals surface area contributed by atoms with Crippen LogP contribution in [0.1, 0.15) is 12.2 Å². The number of hydrogen-bond acceptors (Lipinski definition) is 9. The Hall–Kier alpha value is -3.45. The number of halogens is 1. The number of methoxy groups -OCH3 is 1. The van der Waals surface area contributed by atoms with Gasteiger partial charge in [-0.2, -0.15) is 0 Å². The lowest BCUT2D eigenvalue weighted by atomic mass is 10.1. The van der Waals surface area contributed by atoms with E-state index in [2.05, 4.69) is 32.1 Å². The van der Waals surface area contributed by atoms with Gasteiger partial charge in [0.25, 0.3) is 0 Å². The van der Waals surface area contributed by atoms with Gasteiger partial charge in [-0.1, -0.05) is 0 Å². The van der Waals surface area contributed by atoms with E-state index in [1.165, 1.54) is 12.1 Å². The molecule has 0 atom stereocenters. The van der Waals surface area contributed by atoms with E-state index in [4.69, 9.17) is 24.2 Å².